The zero-order chi connectivity index (χ0) is 13.9. The Hall–Kier alpha value is -2.34. The van der Waals surface area contributed by atoms with E-state index in [4.69, 9.17) is 0 Å². The summed E-state index contributed by atoms with van der Waals surface area (Å²) in [4.78, 5) is 4.68. The van der Waals surface area contributed by atoms with E-state index in [1.165, 1.54) is 24.0 Å². The number of aromatic nitrogens is 1. The van der Waals surface area contributed by atoms with Crippen LogP contribution in [-0.4, -0.2) is 4.98 Å². The number of aryl methyl sites for hydroxylation is 3. The molecule has 0 aliphatic heterocycles. The lowest BCUT2D eigenvalue weighted by Crippen LogP contribution is -2.09. The number of nitrogens with one attached hydrogen (secondary N) is 1. The van der Waals surface area contributed by atoms with Gasteiger partial charge in [0.1, 0.15) is 11.9 Å². The number of anilines is 2. The molecule has 1 aromatic carbocycles. The van der Waals surface area contributed by atoms with Crippen molar-refractivity contribution in [3.63, 3.8) is 0 Å². The van der Waals surface area contributed by atoms with Crippen LogP contribution in [-0.2, 0) is 12.8 Å². The maximum absolute atomic E-state index is 9.32. The van der Waals surface area contributed by atoms with Crippen molar-refractivity contribution >= 4 is 11.5 Å². The molecule has 1 N–H and O–H groups in total. The molecule has 1 aliphatic rings. The van der Waals surface area contributed by atoms with Gasteiger partial charge in [0.05, 0.1) is 5.56 Å². The summed E-state index contributed by atoms with van der Waals surface area (Å²) < 4.78 is 0. The third-order valence-corrected chi connectivity index (χ3v) is 3.70. The van der Waals surface area contributed by atoms with Gasteiger partial charge in [0.15, 0.2) is 0 Å². The van der Waals surface area contributed by atoms with E-state index >= 15 is 0 Å². The highest BCUT2D eigenvalue weighted by atomic mass is 15.0. The largest absolute Gasteiger partial charge is 0.339 e. The van der Waals surface area contributed by atoms with Crippen LogP contribution in [0.3, 0.4) is 0 Å². The highest BCUT2D eigenvalue weighted by Crippen LogP contribution is 2.26. The van der Waals surface area contributed by atoms with Crippen LogP contribution >= 0.6 is 0 Å². The van der Waals surface area contributed by atoms with Gasteiger partial charge in [0.25, 0.3) is 0 Å². The Morgan fingerprint density at radius 1 is 1.20 bits per heavy atom. The fourth-order valence-electron chi connectivity index (χ4n) is 2.67. The standard InChI is InChI=1S/C17H17N3/c1-12-5-4-7-15(9-12)19-17-14(11-18)10-13-6-2-3-8-16(13)20-17/h4-5,7,9-10H,2-3,6,8H2,1H3,(H,19,20). The molecule has 1 aromatic heterocycles. The Morgan fingerprint density at radius 3 is 2.85 bits per heavy atom. The quantitative estimate of drug-likeness (QED) is 0.894. The Balaban J connectivity index is 1.98. The van der Waals surface area contributed by atoms with Gasteiger partial charge in [-0.25, -0.2) is 4.98 Å². The number of benzene rings is 1. The molecule has 20 heavy (non-hydrogen) atoms. The summed E-state index contributed by atoms with van der Waals surface area (Å²) in [5.74, 6) is 0.679. The minimum absolute atomic E-state index is 0.632. The molecule has 3 heteroatoms. The molecule has 0 spiro atoms. The highest BCUT2D eigenvalue weighted by molar-refractivity contribution is 5.64. The molecular weight excluding hydrogens is 246 g/mol. The smallest absolute Gasteiger partial charge is 0.148 e. The van der Waals surface area contributed by atoms with Crippen molar-refractivity contribution in [1.29, 1.82) is 5.26 Å². The molecule has 0 amide bonds. The van der Waals surface area contributed by atoms with Crippen LogP contribution in [0.2, 0.25) is 0 Å². The number of hydrogen-bond acceptors (Lipinski definition) is 3. The third-order valence-electron chi connectivity index (χ3n) is 3.70. The van der Waals surface area contributed by atoms with E-state index in [0.29, 0.717) is 11.4 Å². The third kappa shape index (κ3) is 2.50. The van der Waals surface area contributed by atoms with Gasteiger partial charge in [-0.1, -0.05) is 12.1 Å². The lowest BCUT2D eigenvalue weighted by molar-refractivity contribution is 0.668. The molecule has 0 radical (unpaired) electrons. The first-order chi connectivity index (χ1) is 9.76. The summed E-state index contributed by atoms with van der Waals surface area (Å²) in [6.07, 6.45) is 4.45. The van der Waals surface area contributed by atoms with Gasteiger partial charge in [0.2, 0.25) is 0 Å². The molecule has 0 fully saturated rings. The van der Waals surface area contributed by atoms with E-state index in [-0.39, 0.29) is 0 Å². The highest BCUT2D eigenvalue weighted by Gasteiger charge is 2.15. The number of nitrogens with zero attached hydrogens (tertiary/aromatic N) is 2. The second kappa shape index (κ2) is 5.34. The van der Waals surface area contributed by atoms with Crippen LogP contribution < -0.4 is 5.32 Å². The Labute approximate surface area is 119 Å². The van der Waals surface area contributed by atoms with Gasteiger partial charge < -0.3 is 5.32 Å². The lowest BCUT2D eigenvalue weighted by atomic mass is 9.95. The van der Waals surface area contributed by atoms with Crippen molar-refractivity contribution in [1.82, 2.24) is 4.98 Å². The minimum atomic E-state index is 0.632. The second-order valence-corrected chi connectivity index (χ2v) is 5.30. The van der Waals surface area contributed by atoms with Crippen LogP contribution in [0.4, 0.5) is 11.5 Å². The summed E-state index contributed by atoms with van der Waals surface area (Å²) in [5.41, 5.74) is 5.18. The number of rotatable bonds is 2. The zero-order valence-electron chi connectivity index (χ0n) is 11.6. The van der Waals surface area contributed by atoms with Crippen molar-refractivity contribution in [2.24, 2.45) is 0 Å². The average Bonchev–Trinajstić information content (AvgIpc) is 2.46. The molecule has 0 saturated carbocycles. The molecule has 0 atom stereocenters. The van der Waals surface area contributed by atoms with Crippen molar-refractivity contribution in [3.8, 4) is 6.07 Å². The molecule has 1 aliphatic carbocycles. The number of pyridine rings is 1. The molecular formula is C17H17N3. The number of hydrogen-bond donors (Lipinski definition) is 1. The van der Waals surface area contributed by atoms with Gasteiger partial charge in [-0.15, -0.1) is 0 Å². The fraction of sp³-hybridized carbons (Fsp3) is 0.294. The summed E-state index contributed by atoms with van der Waals surface area (Å²) in [6, 6.07) is 12.4. The summed E-state index contributed by atoms with van der Waals surface area (Å²) in [7, 11) is 0. The van der Waals surface area contributed by atoms with Crippen molar-refractivity contribution in [3.05, 3.63) is 52.7 Å². The molecule has 0 unspecified atom stereocenters. The first-order valence-electron chi connectivity index (χ1n) is 7.03. The van der Waals surface area contributed by atoms with E-state index in [1.807, 2.05) is 18.2 Å². The molecule has 1 heterocycles. The fourth-order valence-corrected chi connectivity index (χ4v) is 2.67. The van der Waals surface area contributed by atoms with E-state index in [0.717, 1.165) is 24.2 Å². The van der Waals surface area contributed by atoms with Crippen molar-refractivity contribution in [2.45, 2.75) is 32.6 Å². The molecule has 0 bridgehead atoms. The van der Waals surface area contributed by atoms with E-state index < -0.39 is 0 Å². The van der Waals surface area contributed by atoms with Gasteiger partial charge in [-0.3, -0.25) is 0 Å². The summed E-state index contributed by atoms with van der Waals surface area (Å²) >= 11 is 0. The molecule has 2 aromatic rings. The zero-order valence-corrected chi connectivity index (χ0v) is 11.6. The van der Waals surface area contributed by atoms with Gasteiger partial charge in [-0.05, 0) is 61.9 Å². The van der Waals surface area contributed by atoms with Gasteiger partial charge in [0, 0.05) is 11.4 Å². The van der Waals surface area contributed by atoms with Crippen LogP contribution in [0.1, 0.15) is 35.2 Å². The normalized spacial score (nSPS) is 13.4. The van der Waals surface area contributed by atoms with E-state index in [2.05, 4.69) is 35.4 Å². The minimum Gasteiger partial charge on any atom is -0.339 e. The monoisotopic (exact) mass is 263 g/mol. The van der Waals surface area contributed by atoms with Crippen molar-refractivity contribution < 1.29 is 0 Å². The second-order valence-electron chi connectivity index (χ2n) is 5.30. The van der Waals surface area contributed by atoms with Gasteiger partial charge in [-0.2, -0.15) is 5.26 Å². The van der Waals surface area contributed by atoms with Gasteiger partial charge >= 0.3 is 0 Å². The van der Waals surface area contributed by atoms with Crippen LogP contribution in [0.5, 0.6) is 0 Å². The first-order valence-corrected chi connectivity index (χ1v) is 7.03. The SMILES string of the molecule is Cc1cccc(Nc2nc3c(cc2C#N)CCCC3)c1. The molecule has 3 rings (SSSR count). The number of fused-ring (bicyclic) bond motifs is 1. The predicted molar refractivity (Wildman–Crippen MR) is 80.1 cm³/mol. The average molecular weight is 263 g/mol. The van der Waals surface area contributed by atoms with E-state index in [1.54, 1.807) is 0 Å². The van der Waals surface area contributed by atoms with Crippen LogP contribution in [0, 0.1) is 18.3 Å². The van der Waals surface area contributed by atoms with Crippen LogP contribution in [0.15, 0.2) is 30.3 Å². The topological polar surface area (TPSA) is 48.7 Å². The lowest BCUT2D eigenvalue weighted by Gasteiger charge is -2.17. The Bertz CT molecular complexity index is 683. The maximum Gasteiger partial charge on any atom is 0.148 e. The molecule has 100 valence electrons. The number of nitriles is 1. The Morgan fingerprint density at radius 2 is 2.05 bits per heavy atom. The molecule has 0 saturated heterocycles. The van der Waals surface area contributed by atoms with Crippen molar-refractivity contribution in [2.75, 3.05) is 5.32 Å². The van der Waals surface area contributed by atoms with E-state index in [9.17, 15) is 5.26 Å². The maximum atomic E-state index is 9.32. The summed E-state index contributed by atoms with van der Waals surface area (Å²) in [5, 5.41) is 12.6. The first kappa shape index (κ1) is 12.7. The predicted octanol–water partition coefficient (Wildman–Crippen LogP) is 3.88. The summed E-state index contributed by atoms with van der Waals surface area (Å²) in [6.45, 7) is 2.05. The van der Waals surface area contributed by atoms with Crippen LogP contribution in [0.25, 0.3) is 0 Å². The Kier molecular flexibility index (Phi) is 3.39. The molecule has 3 nitrogen and oxygen atoms in total.